The molecule has 4 nitrogen and oxygen atoms in total. The Bertz CT molecular complexity index is 521. The number of isocyanates is 2. The Morgan fingerprint density at radius 3 is 1.37 bits per heavy atom. The molecule has 0 heterocycles. The molecule has 0 aliphatic heterocycles. The van der Waals surface area contributed by atoms with Crippen molar-refractivity contribution >= 4 is 24.3 Å². The van der Waals surface area contributed by atoms with E-state index in [2.05, 4.69) is 57.3 Å². The van der Waals surface area contributed by atoms with E-state index in [1.165, 1.54) is 23.3 Å². The number of carbonyl (C=O) groups excluding carboxylic acids is 2. The van der Waals surface area contributed by atoms with Gasteiger partial charge in [-0.2, -0.15) is 0 Å². The second-order valence-corrected chi connectivity index (χ2v) is 3.71. The summed E-state index contributed by atoms with van der Waals surface area (Å²) in [5, 5.41) is 0. The highest BCUT2D eigenvalue weighted by Gasteiger charge is 1.91. The molecular weight excluding hydrogens is 260 g/mol. The lowest BCUT2D eigenvalue weighted by Gasteiger charge is -1.98. The van der Waals surface area contributed by atoms with Gasteiger partial charge in [-0.05, 0) is 11.1 Å². The first-order valence-electron chi connectivity index (χ1n) is 5.29. The van der Waals surface area contributed by atoms with Crippen LogP contribution < -0.4 is 0 Å². The second kappa shape index (κ2) is 9.57. The predicted molar refractivity (Wildman–Crippen MR) is 75.7 cm³/mol. The Labute approximate surface area is 115 Å². The van der Waals surface area contributed by atoms with Crippen molar-refractivity contribution in [3.63, 3.8) is 0 Å². The molecule has 0 fully saturated rings. The summed E-state index contributed by atoms with van der Waals surface area (Å²) in [7, 11) is 0. The second-order valence-electron chi connectivity index (χ2n) is 3.18. The monoisotopic (exact) mass is 270 g/mol. The van der Waals surface area contributed by atoms with Gasteiger partial charge in [0, 0.05) is 0 Å². The zero-order valence-corrected chi connectivity index (χ0v) is 10.7. The lowest BCUT2D eigenvalue weighted by molar-refractivity contribution is 0.566. The molecule has 2 aromatic rings. The third-order valence-corrected chi connectivity index (χ3v) is 2.35. The summed E-state index contributed by atoms with van der Waals surface area (Å²) in [6.45, 7) is 0. The molecule has 0 aromatic heterocycles. The first kappa shape index (κ1) is 14.6. The predicted octanol–water partition coefficient (Wildman–Crippen LogP) is 3.57. The van der Waals surface area contributed by atoms with Crippen molar-refractivity contribution in [1.82, 2.24) is 0 Å². The molecule has 2 aromatic carbocycles. The summed E-state index contributed by atoms with van der Waals surface area (Å²) >= 11 is 0.456. The van der Waals surface area contributed by atoms with Crippen molar-refractivity contribution < 1.29 is 9.59 Å². The molecule has 5 heteroatoms. The van der Waals surface area contributed by atoms with Gasteiger partial charge in [0.05, 0.1) is 0 Å². The van der Waals surface area contributed by atoms with Crippen LogP contribution in [0.2, 0.25) is 0 Å². The maximum atomic E-state index is 9.18. The molecule has 19 heavy (non-hydrogen) atoms. The Morgan fingerprint density at radius 1 is 0.684 bits per heavy atom. The molecule has 0 aliphatic carbocycles. The van der Waals surface area contributed by atoms with Crippen LogP contribution in [0.3, 0.4) is 0 Å². The molecule has 0 atom stereocenters. The summed E-state index contributed by atoms with van der Waals surface area (Å²) in [5.41, 5.74) is 2.55. The van der Waals surface area contributed by atoms with Crippen LogP contribution in [0.25, 0.3) is 11.1 Å². The fourth-order valence-electron chi connectivity index (χ4n) is 1.31. The van der Waals surface area contributed by atoms with E-state index in [1.807, 2.05) is 12.1 Å². The SMILES string of the molecule is O=C=NSN=C=O.c1ccc(-c2ccccc2)cc1. The third kappa shape index (κ3) is 6.15. The lowest BCUT2D eigenvalue weighted by atomic mass is 10.1. The van der Waals surface area contributed by atoms with Gasteiger partial charge in [-0.1, -0.05) is 60.7 Å². The van der Waals surface area contributed by atoms with Crippen LogP contribution in [0.15, 0.2) is 69.5 Å². The lowest BCUT2D eigenvalue weighted by Crippen LogP contribution is -1.73. The van der Waals surface area contributed by atoms with Crippen molar-refractivity contribution in [2.45, 2.75) is 0 Å². The van der Waals surface area contributed by atoms with Gasteiger partial charge in [-0.25, -0.2) is 9.59 Å². The van der Waals surface area contributed by atoms with Gasteiger partial charge in [-0.3, -0.25) is 0 Å². The van der Waals surface area contributed by atoms with Gasteiger partial charge in [0.1, 0.15) is 12.1 Å². The highest BCUT2D eigenvalue weighted by Crippen LogP contribution is 2.17. The van der Waals surface area contributed by atoms with Gasteiger partial charge >= 0.3 is 0 Å². The van der Waals surface area contributed by atoms with Crippen LogP contribution in [0.4, 0.5) is 0 Å². The van der Waals surface area contributed by atoms with Crippen LogP contribution in [0, 0.1) is 0 Å². The molecule has 0 saturated heterocycles. The fourth-order valence-corrected chi connectivity index (χ4v) is 1.42. The quantitative estimate of drug-likeness (QED) is 0.486. The number of benzene rings is 2. The summed E-state index contributed by atoms with van der Waals surface area (Å²) in [6, 6.07) is 20.8. The first-order chi connectivity index (χ1) is 9.38. The van der Waals surface area contributed by atoms with Gasteiger partial charge < -0.3 is 0 Å². The smallest absolute Gasteiger partial charge is 0.210 e. The van der Waals surface area contributed by atoms with E-state index >= 15 is 0 Å². The average molecular weight is 270 g/mol. The Morgan fingerprint density at radius 2 is 1.05 bits per heavy atom. The highest BCUT2D eigenvalue weighted by atomic mass is 32.2. The molecule has 0 bridgehead atoms. The number of rotatable bonds is 3. The largest absolute Gasteiger partial charge is 0.249 e. The van der Waals surface area contributed by atoms with E-state index in [1.54, 1.807) is 0 Å². The van der Waals surface area contributed by atoms with E-state index in [4.69, 9.17) is 0 Å². The standard InChI is InChI=1S/C12H10.C2N2O2S/c1-3-7-11(8-4-1)12-9-5-2-6-10-12;5-1-3-7-4-2-6/h1-10H;. The fraction of sp³-hybridized carbons (Fsp3) is 0. The van der Waals surface area contributed by atoms with E-state index in [9.17, 15) is 9.59 Å². The number of hydrogen-bond donors (Lipinski definition) is 0. The van der Waals surface area contributed by atoms with Crippen molar-refractivity contribution in [2.24, 2.45) is 8.80 Å². The minimum atomic E-state index is 0.456. The van der Waals surface area contributed by atoms with E-state index in [-0.39, 0.29) is 0 Å². The maximum Gasteiger partial charge on any atom is 0.249 e. The molecule has 0 radical (unpaired) electrons. The van der Waals surface area contributed by atoms with Gasteiger partial charge in [0.15, 0.2) is 0 Å². The Balaban J connectivity index is 0.000000224. The molecule has 0 amide bonds. The molecule has 0 saturated carbocycles. The van der Waals surface area contributed by atoms with Crippen molar-refractivity contribution in [3.05, 3.63) is 60.7 Å². The first-order valence-corrected chi connectivity index (χ1v) is 6.02. The number of hydrogen-bond acceptors (Lipinski definition) is 5. The Hall–Kier alpha value is -2.45. The van der Waals surface area contributed by atoms with Gasteiger partial charge in [0.25, 0.3) is 0 Å². The maximum absolute atomic E-state index is 9.18. The molecule has 94 valence electrons. The molecule has 0 unspecified atom stereocenters. The third-order valence-electron chi connectivity index (χ3n) is 2.04. The summed E-state index contributed by atoms with van der Waals surface area (Å²) < 4.78 is 5.69. The van der Waals surface area contributed by atoms with Crippen LogP contribution in [0.1, 0.15) is 0 Å². The van der Waals surface area contributed by atoms with Crippen LogP contribution in [-0.2, 0) is 9.59 Å². The summed E-state index contributed by atoms with van der Waals surface area (Å²) in [5.74, 6) is 0. The van der Waals surface area contributed by atoms with Crippen LogP contribution >= 0.6 is 12.1 Å². The molecule has 2 rings (SSSR count). The highest BCUT2D eigenvalue weighted by molar-refractivity contribution is 7.96. The minimum Gasteiger partial charge on any atom is -0.210 e. The van der Waals surface area contributed by atoms with Crippen molar-refractivity contribution in [2.75, 3.05) is 0 Å². The Kier molecular flexibility index (Phi) is 7.36. The van der Waals surface area contributed by atoms with E-state index < -0.39 is 0 Å². The average Bonchev–Trinajstić information content (AvgIpc) is 2.50. The topological polar surface area (TPSA) is 58.9 Å². The van der Waals surface area contributed by atoms with Crippen molar-refractivity contribution in [3.8, 4) is 11.1 Å². The number of nitrogens with zero attached hydrogens (tertiary/aromatic N) is 2. The zero-order valence-electron chi connectivity index (χ0n) is 9.89. The summed E-state index contributed by atoms with van der Waals surface area (Å²) in [6.07, 6.45) is 2.34. The van der Waals surface area contributed by atoms with Crippen LogP contribution in [0.5, 0.6) is 0 Å². The molecule has 0 N–H and O–H groups in total. The summed E-state index contributed by atoms with van der Waals surface area (Å²) in [4.78, 5) is 18.4. The van der Waals surface area contributed by atoms with E-state index in [0.29, 0.717) is 12.1 Å². The van der Waals surface area contributed by atoms with Crippen molar-refractivity contribution in [1.29, 1.82) is 0 Å². The molecule has 0 spiro atoms. The zero-order chi connectivity index (χ0) is 13.8. The normalized spacial score (nSPS) is 8.21. The van der Waals surface area contributed by atoms with Crippen LogP contribution in [-0.4, -0.2) is 12.2 Å². The van der Waals surface area contributed by atoms with Gasteiger partial charge in [-0.15, -0.1) is 8.80 Å². The van der Waals surface area contributed by atoms with Gasteiger partial charge in [0.2, 0.25) is 12.2 Å². The minimum absolute atomic E-state index is 0.456. The van der Waals surface area contributed by atoms with E-state index in [0.717, 1.165) is 0 Å². The molecule has 0 aliphatic rings. The molecular formula is C14H10N2O2S.